The Morgan fingerprint density at radius 1 is 0.667 bits per heavy atom. The number of nitrogens with zero attached hydrogens (tertiary/aromatic N) is 2. The maximum atomic E-state index is 10.1. The zero-order valence-corrected chi connectivity index (χ0v) is 31.9. The van der Waals surface area contributed by atoms with Crippen molar-refractivity contribution in [2.24, 2.45) is 5.73 Å². The Labute approximate surface area is 313 Å². The Bertz CT molecular complexity index is 1710. The average Bonchev–Trinajstić information content (AvgIpc) is 3.37. The van der Waals surface area contributed by atoms with Crippen molar-refractivity contribution >= 4 is 29.1 Å². The van der Waals surface area contributed by atoms with Gasteiger partial charge in [-0.3, -0.25) is 4.79 Å². The lowest BCUT2D eigenvalue weighted by Gasteiger charge is -2.38. The predicted molar refractivity (Wildman–Crippen MR) is 210 cm³/mol. The van der Waals surface area contributed by atoms with E-state index in [1.807, 2.05) is 24.3 Å². The van der Waals surface area contributed by atoms with Crippen molar-refractivity contribution in [1.29, 1.82) is 0 Å². The van der Waals surface area contributed by atoms with E-state index in [1.54, 1.807) is 7.05 Å². The van der Waals surface area contributed by atoms with Gasteiger partial charge < -0.3 is 31.1 Å². The third-order valence-corrected chi connectivity index (χ3v) is 11.6. The van der Waals surface area contributed by atoms with E-state index >= 15 is 0 Å². The number of amides is 1. The minimum absolute atomic E-state index is 0.00463. The molecule has 0 radical (unpaired) electrons. The molecule has 0 bridgehead atoms. The topological polar surface area (TPSA) is 102 Å². The molecule has 4 aromatic rings. The zero-order chi connectivity index (χ0) is 36.8. The summed E-state index contributed by atoms with van der Waals surface area (Å²) >= 11 is 12.3. The molecule has 4 aliphatic rings. The standard InChI is InChI=1S/2C19H20ClNO.C3H7NO.CH5N/c2*1-21-9-8-13-10-16(20)18(22)11-15(13)19-14-5-3-2-4-12(14)6-7-17(19)21;1-3(5)4-2;1-2/h2*2-5,10-11,17,19,22H,6-9H2,1H3;1-2H3,(H,4,5);2H2,1H3/t2*17-,19+;;/m00../s1. The lowest BCUT2D eigenvalue weighted by atomic mass is 9.74. The van der Waals surface area contributed by atoms with Crippen LogP contribution in [-0.4, -0.2) is 79.3 Å². The first-order chi connectivity index (χ1) is 24.6. The summed E-state index contributed by atoms with van der Waals surface area (Å²) in [5.41, 5.74) is 15.3. The molecule has 7 nitrogen and oxygen atoms in total. The third kappa shape index (κ3) is 8.40. The highest BCUT2D eigenvalue weighted by atomic mass is 35.5. The van der Waals surface area contributed by atoms with E-state index in [0.29, 0.717) is 34.0 Å². The minimum atomic E-state index is 0.00463. The molecule has 2 aliphatic carbocycles. The molecule has 9 heteroatoms. The predicted octanol–water partition coefficient (Wildman–Crippen LogP) is 7.29. The highest BCUT2D eigenvalue weighted by Gasteiger charge is 2.38. The van der Waals surface area contributed by atoms with Gasteiger partial charge >= 0.3 is 0 Å². The van der Waals surface area contributed by atoms with Crippen molar-refractivity contribution in [2.75, 3.05) is 41.3 Å². The van der Waals surface area contributed by atoms with Gasteiger partial charge in [0.2, 0.25) is 5.91 Å². The average molecular weight is 732 g/mol. The molecular weight excluding hydrogens is 679 g/mol. The molecule has 0 saturated carbocycles. The number of aromatic hydroxyl groups is 2. The van der Waals surface area contributed by atoms with Gasteiger partial charge in [-0.2, -0.15) is 0 Å². The van der Waals surface area contributed by atoms with Gasteiger partial charge in [-0.1, -0.05) is 71.7 Å². The molecule has 2 heterocycles. The summed E-state index contributed by atoms with van der Waals surface area (Å²) in [6, 6.07) is 26.2. The van der Waals surface area contributed by atoms with Crippen LogP contribution in [0.2, 0.25) is 10.0 Å². The Morgan fingerprint density at radius 3 is 1.41 bits per heavy atom. The number of aryl methyl sites for hydroxylation is 2. The van der Waals surface area contributed by atoms with Crippen molar-refractivity contribution < 1.29 is 15.0 Å². The molecule has 0 aromatic heterocycles. The summed E-state index contributed by atoms with van der Waals surface area (Å²) < 4.78 is 0. The smallest absolute Gasteiger partial charge is 0.216 e. The second kappa shape index (κ2) is 17.3. The van der Waals surface area contributed by atoms with Gasteiger partial charge in [0.1, 0.15) is 11.5 Å². The fraction of sp³-hybridized carbons (Fsp3) is 0.405. The van der Waals surface area contributed by atoms with Crippen LogP contribution in [0.1, 0.15) is 76.1 Å². The number of nitrogens with one attached hydrogen (secondary N) is 1. The number of benzene rings is 4. The van der Waals surface area contributed by atoms with Crippen molar-refractivity contribution in [2.45, 2.75) is 69.4 Å². The number of hydrogen-bond donors (Lipinski definition) is 4. The lowest BCUT2D eigenvalue weighted by molar-refractivity contribution is -0.118. The summed E-state index contributed by atoms with van der Waals surface area (Å²) in [6.07, 6.45) is 6.58. The molecule has 0 unspecified atom stereocenters. The Morgan fingerprint density at radius 2 is 1.04 bits per heavy atom. The van der Waals surface area contributed by atoms with E-state index in [9.17, 15) is 15.0 Å². The van der Waals surface area contributed by atoms with Gasteiger partial charge in [0.25, 0.3) is 0 Å². The van der Waals surface area contributed by atoms with Crippen LogP contribution in [0.4, 0.5) is 0 Å². The van der Waals surface area contributed by atoms with Crippen LogP contribution in [0.25, 0.3) is 0 Å². The lowest BCUT2D eigenvalue weighted by Crippen LogP contribution is -2.39. The van der Waals surface area contributed by atoms with Crippen LogP contribution in [0.3, 0.4) is 0 Å². The fourth-order valence-electron chi connectivity index (χ4n) is 8.36. The number of nitrogens with two attached hydrogens (primary N) is 1. The van der Waals surface area contributed by atoms with E-state index < -0.39 is 0 Å². The Kier molecular flexibility index (Phi) is 13.1. The van der Waals surface area contributed by atoms with Crippen LogP contribution >= 0.6 is 23.2 Å². The molecule has 0 fully saturated rings. The SMILES string of the molecule is CN.CN1CCc2cc(Cl)c(O)cc2[C@H]2c3ccccc3CC[C@@H]21.CN1CCc2cc(Cl)c(O)cc2[C@H]2c3ccccc3CC[C@@H]21.CNC(C)=O. The van der Waals surface area contributed by atoms with E-state index in [4.69, 9.17) is 23.2 Å². The molecular formula is C42H52Cl2N4O3. The maximum absolute atomic E-state index is 10.1. The van der Waals surface area contributed by atoms with Gasteiger partial charge in [0.05, 0.1) is 10.0 Å². The second-order valence-corrected chi connectivity index (χ2v) is 14.7. The number of phenolic OH excluding ortho intramolecular Hbond substituents is 2. The molecule has 2 aliphatic heterocycles. The molecule has 4 atom stereocenters. The van der Waals surface area contributed by atoms with Crippen molar-refractivity contribution in [3.8, 4) is 11.5 Å². The van der Waals surface area contributed by atoms with Crippen LogP contribution in [0, 0.1) is 0 Å². The number of halogens is 2. The molecule has 1 amide bonds. The van der Waals surface area contributed by atoms with Gasteiger partial charge in [-0.25, -0.2) is 0 Å². The first-order valence-corrected chi connectivity index (χ1v) is 18.7. The largest absolute Gasteiger partial charge is 0.506 e. The normalized spacial score (nSPS) is 21.6. The number of likely N-dealkylation sites (N-methyl/N-ethyl adjacent to an activating group) is 2. The van der Waals surface area contributed by atoms with Gasteiger partial charge in [0.15, 0.2) is 0 Å². The van der Waals surface area contributed by atoms with Crippen LogP contribution < -0.4 is 11.1 Å². The molecule has 0 saturated heterocycles. The summed E-state index contributed by atoms with van der Waals surface area (Å²) in [4.78, 5) is 14.7. The number of hydrogen-bond acceptors (Lipinski definition) is 6. The van der Waals surface area contributed by atoms with Crippen LogP contribution in [0.15, 0.2) is 72.8 Å². The Hall–Kier alpha value is -3.59. The highest BCUT2D eigenvalue weighted by Crippen LogP contribution is 2.46. The zero-order valence-electron chi connectivity index (χ0n) is 30.4. The molecule has 272 valence electrons. The van der Waals surface area contributed by atoms with Crippen molar-refractivity contribution in [1.82, 2.24) is 15.1 Å². The third-order valence-electron chi connectivity index (χ3n) is 11.0. The fourth-order valence-corrected chi connectivity index (χ4v) is 8.73. The van der Waals surface area contributed by atoms with E-state index in [2.05, 4.69) is 83.5 Å². The number of carbonyl (C=O) groups is 1. The maximum Gasteiger partial charge on any atom is 0.216 e. The summed E-state index contributed by atoms with van der Waals surface area (Å²) in [7, 11) is 7.54. The number of rotatable bonds is 0. The highest BCUT2D eigenvalue weighted by molar-refractivity contribution is 6.32. The first-order valence-electron chi connectivity index (χ1n) is 17.9. The van der Waals surface area contributed by atoms with E-state index in [-0.39, 0.29) is 17.4 Å². The van der Waals surface area contributed by atoms with E-state index in [0.717, 1.165) is 38.8 Å². The van der Waals surface area contributed by atoms with Gasteiger partial charge in [0, 0.05) is 51.0 Å². The van der Waals surface area contributed by atoms with Gasteiger partial charge in [-0.05, 0) is 128 Å². The molecule has 51 heavy (non-hydrogen) atoms. The summed E-state index contributed by atoms with van der Waals surface area (Å²) in [5, 5.41) is 23.6. The summed E-state index contributed by atoms with van der Waals surface area (Å²) in [6.45, 7) is 3.55. The minimum Gasteiger partial charge on any atom is -0.506 e. The van der Waals surface area contributed by atoms with E-state index in [1.165, 1.54) is 71.3 Å². The molecule has 0 spiro atoms. The monoisotopic (exact) mass is 730 g/mol. The van der Waals surface area contributed by atoms with Crippen molar-refractivity contribution in [3.05, 3.63) is 127 Å². The molecule has 5 N–H and O–H groups in total. The first kappa shape index (κ1) is 38.6. The van der Waals surface area contributed by atoms with Crippen LogP contribution in [-0.2, 0) is 30.5 Å². The Balaban J connectivity index is 0.000000168. The van der Waals surface area contributed by atoms with Crippen LogP contribution in [0.5, 0.6) is 11.5 Å². The number of fused-ring (bicyclic) bond motifs is 10. The molecule has 4 aromatic carbocycles. The second-order valence-electron chi connectivity index (χ2n) is 13.8. The number of carbonyl (C=O) groups excluding carboxylic acids is 1. The molecule has 8 rings (SSSR count). The van der Waals surface area contributed by atoms with Gasteiger partial charge in [-0.15, -0.1) is 0 Å². The van der Waals surface area contributed by atoms with Crippen molar-refractivity contribution in [3.63, 3.8) is 0 Å². The summed E-state index contributed by atoms with van der Waals surface area (Å²) in [5.74, 6) is 1.06. The quantitative estimate of drug-likeness (QED) is 0.152. The number of phenols is 2.